The van der Waals surface area contributed by atoms with Crippen LogP contribution in [0.3, 0.4) is 0 Å². The standard InChI is InChI=1S/C11H10INO2/c1-7-3-4-13-9-6-11(15-12)10(14-2)5-8(7)9/h3-6H,1-2H3. The van der Waals surface area contributed by atoms with Crippen molar-refractivity contribution in [3.63, 3.8) is 0 Å². The monoisotopic (exact) mass is 315 g/mol. The molecule has 0 saturated carbocycles. The maximum atomic E-state index is 5.24. The van der Waals surface area contributed by atoms with Crippen molar-refractivity contribution in [2.75, 3.05) is 7.11 Å². The van der Waals surface area contributed by atoms with Gasteiger partial charge < -0.3 is 7.80 Å². The van der Waals surface area contributed by atoms with Crippen LogP contribution in [0.15, 0.2) is 24.4 Å². The molecular weight excluding hydrogens is 305 g/mol. The molecule has 1 aromatic carbocycles. The van der Waals surface area contributed by atoms with Crippen molar-refractivity contribution in [1.29, 1.82) is 0 Å². The van der Waals surface area contributed by atoms with Crippen LogP contribution in [0.5, 0.6) is 11.5 Å². The smallest absolute Gasteiger partial charge is 0.192 e. The molecule has 0 aliphatic rings. The fraction of sp³-hybridized carbons (Fsp3) is 0.182. The average Bonchev–Trinajstić information content (AvgIpc) is 2.28. The highest BCUT2D eigenvalue weighted by atomic mass is 127. The summed E-state index contributed by atoms with van der Waals surface area (Å²) in [5.74, 6) is 1.43. The number of methoxy groups -OCH3 is 1. The fourth-order valence-electron chi connectivity index (χ4n) is 1.51. The molecular formula is C11H10INO2. The SMILES string of the molecule is COc1cc2c(C)ccnc2cc1OI. The summed E-state index contributed by atoms with van der Waals surface area (Å²) in [5, 5.41) is 1.09. The molecule has 0 radical (unpaired) electrons. The number of rotatable bonds is 2. The molecule has 0 amide bonds. The second kappa shape index (κ2) is 4.22. The van der Waals surface area contributed by atoms with E-state index >= 15 is 0 Å². The van der Waals surface area contributed by atoms with Crippen LogP contribution in [0.1, 0.15) is 5.56 Å². The first-order valence-electron chi connectivity index (χ1n) is 4.48. The van der Waals surface area contributed by atoms with Crippen LogP contribution < -0.4 is 7.80 Å². The summed E-state index contributed by atoms with van der Waals surface area (Å²) in [6.07, 6.45) is 1.79. The number of aromatic nitrogens is 1. The molecule has 0 aliphatic heterocycles. The number of fused-ring (bicyclic) bond motifs is 1. The van der Waals surface area contributed by atoms with Gasteiger partial charge in [-0.25, -0.2) is 0 Å². The quantitative estimate of drug-likeness (QED) is 0.797. The lowest BCUT2D eigenvalue weighted by atomic mass is 10.1. The molecule has 0 spiro atoms. The number of aryl methyl sites for hydroxylation is 1. The van der Waals surface area contributed by atoms with Crippen molar-refractivity contribution in [2.24, 2.45) is 0 Å². The first-order valence-corrected chi connectivity index (χ1v) is 5.36. The van der Waals surface area contributed by atoms with Crippen LogP contribution in [0.4, 0.5) is 0 Å². The van der Waals surface area contributed by atoms with Crippen LogP contribution in [0.2, 0.25) is 0 Å². The van der Waals surface area contributed by atoms with Crippen molar-refractivity contribution < 1.29 is 7.80 Å². The van der Waals surface area contributed by atoms with E-state index in [1.54, 1.807) is 13.3 Å². The van der Waals surface area contributed by atoms with Gasteiger partial charge in [0.2, 0.25) is 0 Å². The maximum Gasteiger partial charge on any atom is 0.192 e. The largest absolute Gasteiger partial charge is 0.493 e. The third-order valence-electron chi connectivity index (χ3n) is 2.33. The summed E-state index contributed by atoms with van der Waals surface area (Å²) >= 11 is 1.84. The van der Waals surface area contributed by atoms with Crippen LogP contribution >= 0.6 is 23.0 Å². The third-order valence-corrected chi connectivity index (χ3v) is 2.80. The molecule has 4 heteroatoms. The van der Waals surface area contributed by atoms with Crippen LogP contribution in [0.25, 0.3) is 10.9 Å². The molecule has 0 fully saturated rings. The van der Waals surface area contributed by atoms with Crippen molar-refractivity contribution in [3.8, 4) is 11.5 Å². The molecule has 2 aromatic rings. The van der Waals surface area contributed by atoms with E-state index in [0.29, 0.717) is 5.75 Å². The number of halogens is 1. The molecule has 0 saturated heterocycles. The topological polar surface area (TPSA) is 31.4 Å². The van der Waals surface area contributed by atoms with Crippen molar-refractivity contribution >= 4 is 33.9 Å². The Kier molecular flexibility index (Phi) is 2.95. The van der Waals surface area contributed by atoms with Gasteiger partial charge in [-0.3, -0.25) is 4.98 Å². The van der Waals surface area contributed by atoms with E-state index in [4.69, 9.17) is 7.80 Å². The first kappa shape index (κ1) is 10.5. The van der Waals surface area contributed by atoms with Gasteiger partial charge in [0.05, 0.1) is 12.6 Å². The van der Waals surface area contributed by atoms with E-state index in [2.05, 4.69) is 4.98 Å². The number of benzene rings is 1. The lowest BCUT2D eigenvalue weighted by Gasteiger charge is -2.08. The number of ether oxygens (including phenoxy) is 1. The Morgan fingerprint density at radius 1 is 1.27 bits per heavy atom. The zero-order valence-corrected chi connectivity index (χ0v) is 10.6. The molecule has 0 atom stereocenters. The molecule has 0 unspecified atom stereocenters. The van der Waals surface area contributed by atoms with Crippen LogP contribution in [-0.4, -0.2) is 12.1 Å². The second-order valence-corrected chi connectivity index (χ2v) is 3.67. The Morgan fingerprint density at radius 2 is 2.07 bits per heavy atom. The van der Waals surface area contributed by atoms with Gasteiger partial charge in [0.25, 0.3) is 0 Å². The molecule has 0 N–H and O–H groups in total. The minimum Gasteiger partial charge on any atom is -0.493 e. The summed E-state index contributed by atoms with van der Waals surface area (Å²) in [6, 6.07) is 5.81. The van der Waals surface area contributed by atoms with Crippen LogP contribution in [0, 0.1) is 6.92 Å². The number of nitrogens with zero attached hydrogens (tertiary/aromatic N) is 1. The normalized spacial score (nSPS) is 10.3. The third kappa shape index (κ3) is 1.86. The minimum absolute atomic E-state index is 0.698. The fourth-order valence-corrected chi connectivity index (χ4v) is 1.85. The highest BCUT2D eigenvalue weighted by Gasteiger charge is 2.08. The zero-order chi connectivity index (χ0) is 10.8. The molecule has 1 aromatic heterocycles. The first-order chi connectivity index (χ1) is 7.26. The van der Waals surface area contributed by atoms with Gasteiger partial charge in [-0.2, -0.15) is 0 Å². The van der Waals surface area contributed by atoms with Gasteiger partial charge in [-0.05, 0) is 24.6 Å². The summed E-state index contributed by atoms with van der Waals surface area (Å²) in [7, 11) is 1.63. The average molecular weight is 315 g/mol. The Morgan fingerprint density at radius 3 is 2.73 bits per heavy atom. The van der Waals surface area contributed by atoms with Crippen molar-refractivity contribution in [1.82, 2.24) is 4.98 Å². The summed E-state index contributed by atoms with van der Waals surface area (Å²) in [5.41, 5.74) is 2.10. The van der Waals surface area contributed by atoms with E-state index in [1.807, 2.05) is 48.1 Å². The molecule has 78 valence electrons. The lowest BCUT2D eigenvalue weighted by Crippen LogP contribution is -1.89. The Bertz CT molecular complexity index is 499. The number of pyridine rings is 1. The Balaban J connectivity index is 2.75. The van der Waals surface area contributed by atoms with Crippen molar-refractivity contribution in [2.45, 2.75) is 6.92 Å². The van der Waals surface area contributed by atoms with E-state index in [0.717, 1.165) is 16.7 Å². The van der Waals surface area contributed by atoms with Gasteiger partial charge in [0.15, 0.2) is 34.5 Å². The minimum atomic E-state index is 0.698. The van der Waals surface area contributed by atoms with E-state index in [9.17, 15) is 0 Å². The highest BCUT2D eigenvalue weighted by Crippen LogP contribution is 2.33. The summed E-state index contributed by atoms with van der Waals surface area (Å²) in [6.45, 7) is 2.05. The van der Waals surface area contributed by atoms with Gasteiger partial charge in [0.1, 0.15) is 0 Å². The molecule has 2 rings (SSSR count). The predicted molar refractivity (Wildman–Crippen MR) is 67.7 cm³/mol. The van der Waals surface area contributed by atoms with Crippen LogP contribution in [-0.2, 0) is 0 Å². The molecule has 1 heterocycles. The Hall–Kier alpha value is -1.04. The lowest BCUT2D eigenvalue weighted by molar-refractivity contribution is 0.404. The van der Waals surface area contributed by atoms with Gasteiger partial charge in [0, 0.05) is 17.6 Å². The summed E-state index contributed by atoms with van der Waals surface area (Å²) < 4.78 is 10.4. The van der Waals surface area contributed by atoms with E-state index < -0.39 is 0 Å². The van der Waals surface area contributed by atoms with E-state index in [-0.39, 0.29) is 0 Å². The van der Waals surface area contributed by atoms with Gasteiger partial charge in [-0.1, -0.05) is 0 Å². The summed E-state index contributed by atoms with van der Waals surface area (Å²) in [4.78, 5) is 4.29. The number of hydrogen-bond donors (Lipinski definition) is 0. The molecule has 0 bridgehead atoms. The molecule has 15 heavy (non-hydrogen) atoms. The maximum absolute atomic E-state index is 5.24. The van der Waals surface area contributed by atoms with E-state index in [1.165, 1.54) is 5.56 Å². The number of hydrogen-bond acceptors (Lipinski definition) is 3. The Labute approximate surface area is 102 Å². The molecule has 0 aliphatic carbocycles. The van der Waals surface area contributed by atoms with Gasteiger partial charge >= 0.3 is 0 Å². The second-order valence-electron chi connectivity index (χ2n) is 3.23. The molecule has 3 nitrogen and oxygen atoms in total. The predicted octanol–water partition coefficient (Wildman–Crippen LogP) is 3.28. The van der Waals surface area contributed by atoms with Crippen molar-refractivity contribution in [3.05, 3.63) is 30.0 Å². The zero-order valence-electron chi connectivity index (χ0n) is 8.45. The highest BCUT2D eigenvalue weighted by molar-refractivity contribution is 14.1. The van der Waals surface area contributed by atoms with Gasteiger partial charge in [-0.15, -0.1) is 0 Å².